The summed E-state index contributed by atoms with van der Waals surface area (Å²) in [6.45, 7) is 4.48. The van der Waals surface area contributed by atoms with Gasteiger partial charge in [0.25, 0.3) is 5.91 Å². The van der Waals surface area contributed by atoms with Gasteiger partial charge in [0.2, 0.25) is 5.91 Å². The maximum atomic E-state index is 12.3. The van der Waals surface area contributed by atoms with Gasteiger partial charge in [-0.1, -0.05) is 35.4 Å². The summed E-state index contributed by atoms with van der Waals surface area (Å²) in [6.07, 6.45) is 0.339. The van der Waals surface area contributed by atoms with E-state index in [9.17, 15) is 9.59 Å². The van der Waals surface area contributed by atoms with Crippen LogP contribution in [0.4, 0.5) is 5.69 Å². The van der Waals surface area contributed by atoms with Crippen LogP contribution in [0.2, 0.25) is 0 Å². The fourth-order valence-electron chi connectivity index (χ4n) is 2.83. The monoisotopic (exact) mass is 308 g/mol. The van der Waals surface area contributed by atoms with Crippen molar-refractivity contribution < 1.29 is 9.59 Å². The van der Waals surface area contributed by atoms with Crippen molar-refractivity contribution in [2.45, 2.75) is 26.3 Å². The molecule has 1 saturated heterocycles. The summed E-state index contributed by atoms with van der Waals surface area (Å²) < 4.78 is 0. The first-order chi connectivity index (χ1) is 11.0. The molecule has 118 valence electrons. The molecule has 1 fully saturated rings. The van der Waals surface area contributed by atoms with Crippen LogP contribution in [0.25, 0.3) is 0 Å². The van der Waals surface area contributed by atoms with Crippen LogP contribution in [0.15, 0.2) is 48.5 Å². The quantitative estimate of drug-likeness (QED) is 0.948. The fraction of sp³-hybridized carbons (Fsp3) is 0.263. The number of rotatable bonds is 3. The molecule has 2 aromatic carbocycles. The molecule has 1 aliphatic rings. The first kappa shape index (κ1) is 15.3. The van der Waals surface area contributed by atoms with Gasteiger partial charge in [-0.3, -0.25) is 9.59 Å². The van der Waals surface area contributed by atoms with Crippen LogP contribution >= 0.6 is 0 Å². The molecule has 4 heteroatoms. The number of aryl methyl sites for hydroxylation is 2. The Balaban J connectivity index is 1.68. The van der Waals surface area contributed by atoms with E-state index in [0.29, 0.717) is 18.5 Å². The lowest BCUT2D eigenvalue weighted by molar-refractivity contribution is -0.117. The highest BCUT2D eigenvalue weighted by Gasteiger charge is 2.31. The third-order valence-electron chi connectivity index (χ3n) is 4.09. The van der Waals surface area contributed by atoms with Crippen LogP contribution in [0.1, 0.15) is 27.9 Å². The zero-order valence-electron chi connectivity index (χ0n) is 13.4. The maximum Gasteiger partial charge on any atom is 0.251 e. The molecule has 23 heavy (non-hydrogen) atoms. The van der Waals surface area contributed by atoms with E-state index >= 15 is 0 Å². The van der Waals surface area contributed by atoms with Crippen molar-refractivity contribution in [2.24, 2.45) is 0 Å². The maximum absolute atomic E-state index is 12.3. The molecule has 2 aromatic rings. The minimum absolute atomic E-state index is 0.0448. The number of hydrogen-bond acceptors (Lipinski definition) is 2. The lowest BCUT2D eigenvalue weighted by Crippen LogP contribution is -2.37. The number of anilines is 1. The second-order valence-electron chi connectivity index (χ2n) is 6.08. The Morgan fingerprint density at radius 2 is 1.83 bits per heavy atom. The molecule has 2 amide bonds. The standard InChI is InChI=1S/C19H20N2O2/c1-13-6-8-17(9-7-13)21-12-16(11-18(21)22)20-19(23)15-5-3-4-14(2)10-15/h3-10,16H,11-12H2,1-2H3,(H,20,23)/t16-/m1/s1. The van der Waals surface area contributed by atoms with Gasteiger partial charge in [-0.25, -0.2) is 0 Å². The van der Waals surface area contributed by atoms with Crippen LogP contribution < -0.4 is 10.2 Å². The summed E-state index contributed by atoms with van der Waals surface area (Å²) in [7, 11) is 0. The molecule has 0 aliphatic carbocycles. The van der Waals surface area contributed by atoms with E-state index in [0.717, 1.165) is 16.8 Å². The molecule has 0 saturated carbocycles. The Morgan fingerprint density at radius 1 is 1.09 bits per heavy atom. The predicted octanol–water partition coefficient (Wildman–Crippen LogP) is 2.84. The third-order valence-corrected chi connectivity index (χ3v) is 4.09. The average Bonchev–Trinajstić information content (AvgIpc) is 2.88. The molecular formula is C19H20N2O2. The summed E-state index contributed by atoms with van der Waals surface area (Å²) in [5.41, 5.74) is 3.71. The number of carbonyl (C=O) groups is 2. The summed E-state index contributed by atoms with van der Waals surface area (Å²) in [6, 6.07) is 15.2. The van der Waals surface area contributed by atoms with Gasteiger partial charge in [-0.2, -0.15) is 0 Å². The van der Waals surface area contributed by atoms with Crippen LogP contribution in [-0.4, -0.2) is 24.4 Å². The topological polar surface area (TPSA) is 49.4 Å². The first-order valence-electron chi connectivity index (χ1n) is 7.77. The smallest absolute Gasteiger partial charge is 0.251 e. The SMILES string of the molecule is Cc1ccc(N2C[C@H](NC(=O)c3cccc(C)c3)CC2=O)cc1. The van der Waals surface area contributed by atoms with Crippen molar-refractivity contribution >= 4 is 17.5 Å². The Bertz CT molecular complexity index is 737. The van der Waals surface area contributed by atoms with Crippen LogP contribution in [0.5, 0.6) is 0 Å². The molecule has 1 aliphatic heterocycles. The van der Waals surface area contributed by atoms with Gasteiger partial charge in [0.15, 0.2) is 0 Å². The van der Waals surface area contributed by atoms with Crippen molar-refractivity contribution in [3.8, 4) is 0 Å². The second kappa shape index (κ2) is 6.24. The first-order valence-corrected chi connectivity index (χ1v) is 7.77. The van der Waals surface area contributed by atoms with E-state index in [2.05, 4.69) is 5.32 Å². The van der Waals surface area contributed by atoms with Crippen molar-refractivity contribution in [2.75, 3.05) is 11.4 Å². The van der Waals surface area contributed by atoms with E-state index in [4.69, 9.17) is 0 Å². The Kier molecular flexibility index (Phi) is 4.15. The van der Waals surface area contributed by atoms with E-state index < -0.39 is 0 Å². The fourth-order valence-corrected chi connectivity index (χ4v) is 2.83. The minimum atomic E-state index is -0.156. The molecule has 1 atom stereocenters. The van der Waals surface area contributed by atoms with Gasteiger partial charge >= 0.3 is 0 Å². The van der Waals surface area contributed by atoms with Crippen molar-refractivity contribution in [3.63, 3.8) is 0 Å². The highest BCUT2D eigenvalue weighted by Crippen LogP contribution is 2.22. The lowest BCUT2D eigenvalue weighted by Gasteiger charge is -2.17. The minimum Gasteiger partial charge on any atom is -0.347 e. The number of nitrogens with one attached hydrogen (secondary N) is 1. The Labute approximate surface area is 136 Å². The van der Waals surface area contributed by atoms with Crippen molar-refractivity contribution in [3.05, 3.63) is 65.2 Å². The van der Waals surface area contributed by atoms with Gasteiger partial charge in [-0.05, 0) is 38.1 Å². The zero-order valence-corrected chi connectivity index (χ0v) is 13.4. The summed E-state index contributed by atoms with van der Waals surface area (Å²) in [5, 5.41) is 2.96. The Hall–Kier alpha value is -2.62. The normalized spacial score (nSPS) is 17.4. The number of hydrogen-bond donors (Lipinski definition) is 1. The highest BCUT2D eigenvalue weighted by molar-refractivity contribution is 5.99. The van der Waals surface area contributed by atoms with Gasteiger partial charge in [0.05, 0.1) is 6.04 Å². The van der Waals surface area contributed by atoms with Crippen molar-refractivity contribution in [1.82, 2.24) is 5.32 Å². The third kappa shape index (κ3) is 3.42. The molecule has 0 spiro atoms. The van der Waals surface area contributed by atoms with E-state index in [1.54, 1.807) is 11.0 Å². The van der Waals surface area contributed by atoms with Gasteiger partial charge in [0.1, 0.15) is 0 Å². The number of nitrogens with zero attached hydrogens (tertiary/aromatic N) is 1. The predicted molar refractivity (Wildman–Crippen MR) is 90.6 cm³/mol. The molecular weight excluding hydrogens is 288 g/mol. The van der Waals surface area contributed by atoms with Gasteiger partial charge in [-0.15, -0.1) is 0 Å². The Morgan fingerprint density at radius 3 is 2.52 bits per heavy atom. The molecule has 1 heterocycles. The number of carbonyl (C=O) groups excluding carboxylic acids is 2. The summed E-state index contributed by atoms with van der Waals surface area (Å²) in [5.74, 6) is -0.0827. The van der Waals surface area contributed by atoms with Crippen LogP contribution in [-0.2, 0) is 4.79 Å². The molecule has 0 unspecified atom stereocenters. The van der Waals surface area contributed by atoms with Crippen LogP contribution in [0.3, 0.4) is 0 Å². The van der Waals surface area contributed by atoms with Gasteiger partial charge in [0, 0.05) is 24.2 Å². The summed E-state index contributed by atoms with van der Waals surface area (Å²) in [4.78, 5) is 26.3. The molecule has 3 rings (SSSR count). The summed E-state index contributed by atoms with van der Waals surface area (Å²) >= 11 is 0. The average molecular weight is 308 g/mol. The molecule has 0 aromatic heterocycles. The lowest BCUT2D eigenvalue weighted by atomic mass is 10.1. The highest BCUT2D eigenvalue weighted by atomic mass is 16.2. The molecule has 1 N–H and O–H groups in total. The van der Waals surface area contributed by atoms with E-state index in [-0.39, 0.29) is 17.9 Å². The zero-order chi connectivity index (χ0) is 16.4. The van der Waals surface area contributed by atoms with E-state index in [1.165, 1.54) is 0 Å². The van der Waals surface area contributed by atoms with Crippen molar-refractivity contribution in [1.29, 1.82) is 0 Å². The molecule has 0 bridgehead atoms. The van der Waals surface area contributed by atoms with Gasteiger partial charge < -0.3 is 10.2 Å². The molecule has 0 radical (unpaired) electrons. The number of amides is 2. The van der Waals surface area contributed by atoms with Crippen LogP contribution in [0, 0.1) is 13.8 Å². The largest absolute Gasteiger partial charge is 0.347 e. The van der Waals surface area contributed by atoms with E-state index in [1.807, 2.05) is 56.3 Å². The number of benzene rings is 2. The second-order valence-corrected chi connectivity index (χ2v) is 6.08. The molecule has 4 nitrogen and oxygen atoms in total.